The molecule has 0 aromatic carbocycles. The molecule has 0 radical (unpaired) electrons. The fourth-order valence-electron chi connectivity index (χ4n) is 4.92. The largest absolute Gasteiger partial charge is 0.396 e. The fourth-order valence-corrected chi connectivity index (χ4v) is 4.92. The highest BCUT2D eigenvalue weighted by Gasteiger charge is 2.42. The first kappa shape index (κ1) is 26.5. The maximum absolute atomic E-state index is 12.5. The Bertz CT molecular complexity index is 514. The molecule has 2 N–H and O–H groups in total. The van der Waals surface area contributed by atoms with E-state index in [4.69, 9.17) is 14.6 Å². The van der Waals surface area contributed by atoms with Crippen LogP contribution in [0.3, 0.4) is 0 Å². The second kappa shape index (κ2) is 15.2. The molecule has 0 aromatic rings. The van der Waals surface area contributed by atoms with E-state index in [1.54, 1.807) is 6.08 Å². The van der Waals surface area contributed by atoms with Crippen LogP contribution in [-0.4, -0.2) is 47.7 Å². The Hall–Kier alpha value is -0.750. The Morgan fingerprint density at radius 3 is 2.65 bits per heavy atom. The molecule has 1 aliphatic heterocycles. The Balaban J connectivity index is 1.93. The van der Waals surface area contributed by atoms with Crippen molar-refractivity contribution in [1.29, 1.82) is 0 Å². The first-order valence-corrected chi connectivity index (χ1v) is 12.8. The highest BCUT2D eigenvalue weighted by atomic mass is 16.7. The molecule has 2 rings (SSSR count). The molecule has 0 amide bonds. The molecule has 0 aromatic heterocycles. The van der Waals surface area contributed by atoms with Gasteiger partial charge in [-0.15, -0.1) is 0 Å². The Labute approximate surface area is 189 Å². The van der Waals surface area contributed by atoms with Gasteiger partial charge in [-0.25, -0.2) is 0 Å². The predicted molar refractivity (Wildman–Crippen MR) is 124 cm³/mol. The third-order valence-corrected chi connectivity index (χ3v) is 7.02. The smallest absolute Gasteiger partial charge is 0.158 e. The van der Waals surface area contributed by atoms with E-state index < -0.39 is 6.10 Å². The summed E-state index contributed by atoms with van der Waals surface area (Å²) in [6.07, 6.45) is 16.0. The normalized spacial score (nSPS) is 30.1. The number of ether oxygens (including phenoxy) is 2. The number of hydrogen-bond donors (Lipinski definition) is 2. The highest BCUT2D eigenvalue weighted by Crippen LogP contribution is 2.39. The molecule has 0 bridgehead atoms. The van der Waals surface area contributed by atoms with Crippen LogP contribution in [0.15, 0.2) is 12.2 Å². The lowest BCUT2D eigenvalue weighted by molar-refractivity contribution is -0.203. The summed E-state index contributed by atoms with van der Waals surface area (Å²) in [5, 5.41) is 20.0. The van der Waals surface area contributed by atoms with Gasteiger partial charge in [0, 0.05) is 19.1 Å². The molecule has 2 aliphatic rings. The van der Waals surface area contributed by atoms with E-state index >= 15 is 0 Å². The van der Waals surface area contributed by atoms with Crippen LogP contribution < -0.4 is 0 Å². The van der Waals surface area contributed by atoms with Gasteiger partial charge in [0.25, 0.3) is 0 Å². The molecule has 6 unspecified atom stereocenters. The SMILES string of the molecule is CCCCC(C)C(=O)C=CC1CC(OC2CCCCO2)C(O)C1CCCCCCCO. The van der Waals surface area contributed by atoms with E-state index in [9.17, 15) is 9.90 Å². The maximum atomic E-state index is 12.5. The first-order chi connectivity index (χ1) is 15.1. The molecule has 0 spiro atoms. The van der Waals surface area contributed by atoms with Crippen molar-refractivity contribution in [3.63, 3.8) is 0 Å². The zero-order valence-electron chi connectivity index (χ0n) is 19.8. The minimum Gasteiger partial charge on any atom is -0.396 e. The number of allylic oxidation sites excluding steroid dienone is 2. The molecular weight excluding hydrogens is 392 g/mol. The van der Waals surface area contributed by atoms with Crippen molar-refractivity contribution in [3.8, 4) is 0 Å². The third kappa shape index (κ3) is 9.33. The van der Waals surface area contributed by atoms with Gasteiger partial charge in [-0.2, -0.15) is 0 Å². The molecular formula is C26H46O5. The van der Waals surface area contributed by atoms with Crippen LogP contribution >= 0.6 is 0 Å². The number of rotatable bonds is 15. The standard InChI is InChI=1S/C26H46O5/c1-3-4-12-20(2)23(28)16-15-21-19-24(31-25-14-9-11-18-30-25)26(29)22(21)13-8-6-5-7-10-17-27/h15-16,20-22,24-27,29H,3-14,17-19H2,1-2H3. The van der Waals surface area contributed by atoms with Crippen LogP contribution in [-0.2, 0) is 14.3 Å². The number of carbonyl (C=O) groups is 1. The summed E-state index contributed by atoms with van der Waals surface area (Å²) in [4.78, 5) is 12.5. The number of carbonyl (C=O) groups excluding carboxylic acids is 1. The van der Waals surface area contributed by atoms with Crippen molar-refractivity contribution in [2.24, 2.45) is 17.8 Å². The lowest BCUT2D eigenvalue weighted by Gasteiger charge is -2.28. The topological polar surface area (TPSA) is 76.0 Å². The number of aliphatic hydroxyl groups is 2. The fraction of sp³-hybridized carbons (Fsp3) is 0.885. The van der Waals surface area contributed by atoms with E-state index in [-0.39, 0.29) is 42.5 Å². The molecule has 1 saturated heterocycles. The Kier molecular flexibility index (Phi) is 13.0. The second-order valence-electron chi connectivity index (χ2n) is 9.61. The summed E-state index contributed by atoms with van der Waals surface area (Å²) in [5.41, 5.74) is 0. The van der Waals surface area contributed by atoms with E-state index in [1.165, 1.54) is 0 Å². The van der Waals surface area contributed by atoms with Crippen molar-refractivity contribution in [2.75, 3.05) is 13.2 Å². The second-order valence-corrected chi connectivity index (χ2v) is 9.61. The van der Waals surface area contributed by atoms with Gasteiger partial charge in [0.05, 0.1) is 12.2 Å². The monoisotopic (exact) mass is 438 g/mol. The summed E-state index contributed by atoms with van der Waals surface area (Å²) in [7, 11) is 0. The summed E-state index contributed by atoms with van der Waals surface area (Å²) in [6.45, 7) is 5.17. The zero-order chi connectivity index (χ0) is 22.5. The van der Waals surface area contributed by atoms with Gasteiger partial charge in [0.1, 0.15) is 0 Å². The number of hydrogen-bond acceptors (Lipinski definition) is 5. The number of unbranched alkanes of at least 4 members (excludes halogenated alkanes) is 5. The van der Waals surface area contributed by atoms with Gasteiger partial charge in [-0.1, -0.05) is 58.4 Å². The van der Waals surface area contributed by atoms with Gasteiger partial charge < -0.3 is 19.7 Å². The molecule has 5 heteroatoms. The zero-order valence-corrected chi connectivity index (χ0v) is 19.8. The number of aliphatic hydroxyl groups excluding tert-OH is 2. The van der Waals surface area contributed by atoms with Crippen molar-refractivity contribution in [1.82, 2.24) is 0 Å². The van der Waals surface area contributed by atoms with Crippen LogP contribution in [0.2, 0.25) is 0 Å². The predicted octanol–water partition coefficient (Wildman–Crippen LogP) is 5.18. The molecule has 1 aliphatic carbocycles. The van der Waals surface area contributed by atoms with Crippen molar-refractivity contribution in [2.45, 2.75) is 116 Å². The Morgan fingerprint density at radius 2 is 1.94 bits per heavy atom. The average molecular weight is 439 g/mol. The van der Waals surface area contributed by atoms with Crippen LogP contribution in [0.1, 0.15) is 97.3 Å². The van der Waals surface area contributed by atoms with Crippen LogP contribution in [0, 0.1) is 17.8 Å². The summed E-state index contributed by atoms with van der Waals surface area (Å²) in [6, 6.07) is 0. The molecule has 1 saturated carbocycles. The van der Waals surface area contributed by atoms with Gasteiger partial charge >= 0.3 is 0 Å². The third-order valence-electron chi connectivity index (χ3n) is 7.02. The maximum Gasteiger partial charge on any atom is 0.158 e. The molecule has 180 valence electrons. The number of ketones is 1. The highest BCUT2D eigenvalue weighted by molar-refractivity contribution is 5.91. The van der Waals surface area contributed by atoms with Gasteiger partial charge in [-0.05, 0) is 62.9 Å². The quantitative estimate of drug-likeness (QED) is 0.272. The van der Waals surface area contributed by atoms with E-state index in [0.29, 0.717) is 0 Å². The van der Waals surface area contributed by atoms with E-state index in [1.807, 2.05) is 6.92 Å². The molecule has 1 heterocycles. The van der Waals surface area contributed by atoms with Crippen molar-refractivity contribution >= 4 is 5.78 Å². The first-order valence-electron chi connectivity index (χ1n) is 12.8. The van der Waals surface area contributed by atoms with E-state index in [2.05, 4.69) is 13.0 Å². The van der Waals surface area contributed by atoms with Gasteiger partial charge in [-0.3, -0.25) is 4.79 Å². The lowest BCUT2D eigenvalue weighted by Crippen LogP contribution is -2.34. The van der Waals surface area contributed by atoms with Crippen molar-refractivity contribution < 1.29 is 24.5 Å². The van der Waals surface area contributed by atoms with Gasteiger partial charge in [0.15, 0.2) is 12.1 Å². The molecule has 6 atom stereocenters. The average Bonchev–Trinajstić information content (AvgIpc) is 3.07. The molecule has 31 heavy (non-hydrogen) atoms. The van der Waals surface area contributed by atoms with Crippen molar-refractivity contribution in [3.05, 3.63) is 12.2 Å². The lowest BCUT2D eigenvalue weighted by atomic mass is 9.88. The van der Waals surface area contributed by atoms with E-state index in [0.717, 1.165) is 90.1 Å². The van der Waals surface area contributed by atoms with Crippen LogP contribution in [0.25, 0.3) is 0 Å². The summed E-state index contributed by atoms with van der Waals surface area (Å²) < 4.78 is 11.9. The molecule has 5 nitrogen and oxygen atoms in total. The van der Waals surface area contributed by atoms with Gasteiger partial charge in [0.2, 0.25) is 0 Å². The van der Waals surface area contributed by atoms with Crippen LogP contribution in [0.5, 0.6) is 0 Å². The Morgan fingerprint density at radius 1 is 1.16 bits per heavy atom. The molecule has 2 fully saturated rings. The minimum absolute atomic E-state index is 0.0650. The minimum atomic E-state index is -0.509. The van der Waals surface area contributed by atoms with Crippen LogP contribution in [0.4, 0.5) is 0 Å². The summed E-state index contributed by atoms with van der Waals surface area (Å²) in [5.74, 6) is 0.561. The summed E-state index contributed by atoms with van der Waals surface area (Å²) >= 11 is 0.